The van der Waals surface area contributed by atoms with E-state index in [4.69, 9.17) is 0 Å². The van der Waals surface area contributed by atoms with Crippen molar-refractivity contribution in [1.82, 2.24) is 24.8 Å². The number of benzene rings is 1. The molecule has 21 heavy (non-hydrogen) atoms. The molecule has 0 aliphatic heterocycles. The second kappa shape index (κ2) is 4.93. The monoisotopic (exact) mass is 283 g/mol. The van der Waals surface area contributed by atoms with E-state index < -0.39 is 0 Å². The molecule has 7 heteroatoms. The van der Waals surface area contributed by atoms with Crippen molar-refractivity contribution in [1.29, 1.82) is 0 Å². The SMILES string of the molecule is Cc1ccc(C(=O)Cn2nnc3c(cnn3C)c2=O)cc1. The molecular formula is C14H13N5O2. The minimum absolute atomic E-state index is 0.139. The zero-order chi connectivity index (χ0) is 15.0. The minimum atomic E-state index is -0.367. The van der Waals surface area contributed by atoms with E-state index in [0.717, 1.165) is 10.2 Å². The molecule has 0 saturated carbocycles. The molecule has 0 saturated heterocycles. The van der Waals surface area contributed by atoms with E-state index in [1.807, 2.05) is 19.1 Å². The van der Waals surface area contributed by atoms with Crippen LogP contribution in [0.4, 0.5) is 0 Å². The van der Waals surface area contributed by atoms with Gasteiger partial charge in [-0.1, -0.05) is 35.0 Å². The van der Waals surface area contributed by atoms with E-state index in [-0.39, 0.29) is 17.9 Å². The van der Waals surface area contributed by atoms with Crippen LogP contribution in [0.2, 0.25) is 0 Å². The predicted molar refractivity (Wildman–Crippen MR) is 76.1 cm³/mol. The fourth-order valence-electron chi connectivity index (χ4n) is 2.05. The Bertz CT molecular complexity index is 877. The summed E-state index contributed by atoms with van der Waals surface area (Å²) in [6.07, 6.45) is 1.43. The summed E-state index contributed by atoms with van der Waals surface area (Å²) in [4.78, 5) is 24.4. The van der Waals surface area contributed by atoms with E-state index >= 15 is 0 Å². The third-order valence-corrected chi connectivity index (χ3v) is 3.29. The van der Waals surface area contributed by atoms with Crippen LogP contribution in [0.15, 0.2) is 35.3 Å². The van der Waals surface area contributed by atoms with Gasteiger partial charge in [-0.3, -0.25) is 9.59 Å². The summed E-state index contributed by atoms with van der Waals surface area (Å²) in [7, 11) is 1.68. The lowest BCUT2D eigenvalue weighted by atomic mass is 10.1. The van der Waals surface area contributed by atoms with E-state index in [2.05, 4.69) is 15.4 Å². The quantitative estimate of drug-likeness (QED) is 0.661. The number of aromatic nitrogens is 5. The Hall–Kier alpha value is -2.83. The summed E-state index contributed by atoms with van der Waals surface area (Å²) in [5, 5.41) is 12.0. The molecule has 0 fully saturated rings. The molecule has 0 atom stereocenters. The molecule has 0 bridgehead atoms. The number of carbonyl (C=O) groups is 1. The normalized spacial score (nSPS) is 11.0. The van der Waals surface area contributed by atoms with Crippen molar-refractivity contribution < 1.29 is 4.79 Å². The third kappa shape index (κ3) is 2.33. The number of nitrogens with zero attached hydrogens (tertiary/aromatic N) is 5. The maximum atomic E-state index is 12.2. The number of hydrogen-bond donors (Lipinski definition) is 0. The molecule has 2 heterocycles. The number of carbonyl (C=O) groups excluding carboxylic acids is 1. The second-order valence-electron chi connectivity index (χ2n) is 4.85. The minimum Gasteiger partial charge on any atom is -0.292 e. The third-order valence-electron chi connectivity index (χ3n) is 3.29. The van der Waals surface area contributed by atoms with Gasteiger partial charge in [-0.15, -0.1) is 5.10 Å². The summed E-state index contributed by atoms with van der Waals surface area (Å²) < 4.78 is 2.53. The lowest BCUT2D eigenvalue weighted by molar-refractivity contribution is 0.0964. The molecule has 0 aliphatic rings. The zero-order valence-corrected chi connectivity index (χ0v) is 11.6. The smallest absolute Gasteiger partial charge is 0.281 e. The molecule has 106 valence electrons. The van der Waals surface area contributed by atoms with Crippen molar-refractivity contribution in [3.05, 3.63) is 51.9 Å². The number of fused-ring (bicyclic) bond motifs is 1. The molecule has 1 aromatic carbocycles. The first kappa shape index (κ1) is 13.2. The Kier molecular flexibility index (Phi) is 3.09. The number of aryl methyl sites for hydroxylation is 2. The first-order valence-corrected chi connectivity index (χ1v) is 6.41. The average Bonchev–Trinajstić information content (AvgIpc) is 2.85. The van der Waals surface area contributed by atoms with E-state index in [0.29, 0.717) is 16.6 Å². The van der Waals surface area contributed by atoms with Crippen LogP contribution in [0.25, 0.3) is 11.0 Å². The molecule has 3 rings (SSSR count). The number of Topliss-reactive ketones (excluding diaryl/α,β-unsaturated/α-hetero) is 1. The number of ketones is 1. The van der Waals surface area contributed by atoms with Gasteiger partial charge >= 0.3 is 0 Å². The summed E-state index contributed by atoms with van der Waals surface area (Å²) in [6, 6.07) is 7.18. The van der Waals surface area contributed by atoms with Crippen LogP contribution >= 0.6 is 0 Å². The highest BCUT2D eigenvalue weighted by molar-refractivity contribution is 5.95. The van der Waals surface area contributed by atoms with Crippen LogP contribution in [0.5, 0.6) is 0 Å². The molecule has 0 amide bonds. The molecule has 0 spiro atoms. The lowest BCUT2D eigenvalue weighted by Gasteiger charge is -2.03. The summed E-state index contributed by atoms with van der Waals surface area (Å²) in [5.41, 5.74) is 1.65. The van der Waals surface area contributed by atoms with Crippen LogP contribution in [0.1, 0.15) is 15.9 Å². The van der Waals surface area contributed by atoms with Gasteiger partial charge in [0.15, 0.2) is 11.4 Å². The van der Waals surface area contributed by atoms with E-state index in [1.54, 1.807) is 19.2 Å². The highest BCUT2D eigenvalue weighted by Gasteiger charge is 2.13. The highest BCUT2D eigenvalue weighted by Crippen LogP contribution is 2.06. The van der Waals surface area contributed by atoms with Gasteiger partial charge in [-0.05, 0) is 6.92 Å². The fourth-order valence-corrected chi connectivity index (χ4v) is 2.05. The largest absolute Gasteiger partial charge is 0.292 e. The molecule has 0 unspecified atom stereocenters. The summed E-state index contributed by atoms with van der Waals surface area (Å²) in [6.45, 7) is 1.81. The molecule has 0 N–H and O–H groups in total. The Balaban J connectivity index is 1.94. The van der Waals surface area contributed by atoms with Crippen molar-refractivity contribution in [3.8, 4) is 0 Å². The number of rotatable bonds is 3. The van der Waals surface area contributed by atoms with Crippen molar-refractivity contribution in [2.24, 2.45) is 7.05 Å². The van der Waals surface area contributed by atoms with Crippen LogP contribution in [0, 0.1) is 6.92 Å². The van der Waals surface area contributed by atoms with Gasteiger partial charge in [0.25, 0.3) is 5.56 Å². The predicted octanol–water partition coefficient (Wildman–Crippen LogP) is 0.716. The standard InChI is InChI=1S/C14H13N5O2/c1-9-3-5-10(6-4-9)12(20)8-19-14(21)11-7-15-18(2)13(11)16-17-19/h3-7H,8H2,1-2H3. The molecule has 0 radical (unpaired) electrons. The van der Waals surface area contributed by atoms with Crippen molar-refractivity contribution in [3.63, 3.8) is 0 Å². The first-order chi connectivity index (χ1) is 10.1. The van der Waals surface area contributed by atoms with E-state index in [1.165, 1.54) is 10.9 Å². The van der Waals surface area contributed by atoms with Gasteiger partial charge in [0.2, 0.25) is 0 Å². The zero-order valence-electron chi connectivity index (χ0n) is 11.6. The molecule has 2 aromatic heterocycles. The lowest BCUT2D eigenvalue weighted by Crippen LogP contribution is -2.27. The Morgan fingerprint density at radius 3 is 2.67 bits per heavy atom. The average molecular weight is 283 g/mol. The van der Waals surface area contributed by atoms with Crippen LogP contribution < -0.4 is 5.56 Å². The van der Waals surface area contributed by atoms with Gasteiger partial charge in [-0.2, -0.15) is 5.10 Å². The Morgan fingerprint density at radius 1 is 1.24 bits per heavy atom. The summed E-state index contributed by atoms with van der Waals surface area (Å²) >= 11 is 0. The summed E-state index contributed by atoms with van der Waals surface area (Å²) in [5.74, 6) is -0.186. The van der Waals surface area contributed by atoms with Crippen molar-refractivity contribution in [2.75, 3.05) is 0 Å². The topological polar surface area (TPSA) is 82.7 Å². The van der Waals surface area contributed by atoms with Crippen molar-refractivity contribution >= 4 is 16.8 Å². The van der Waals surface area contributed by atoms with Crippen molar-refractivity contribution in [2.45, 2.75) is 13.5 Å². The van der Waals surface area contributed by atoms with Gasteiger partial charge in [-0.25, -0.2) is 9.36 Å². The van der Waals surface area contributed by atoms with Crippen LogP contribution in [-0.2, 0) is 13.6 Å². The first-order valence-electron chi connectivity index (χ1n) is 6.41. The van der Waals surface area contributed by atoms with Gasteiger partial charge in [0.05, 0.1) is 6.20 Å². The Labute approximate surface area is 119 Å². The number of hydrogen-bond acceptors (Lipinski definition) is 5. The highest BCUT2D eigenvalue weighted by atomic mass is 16.1. The maximum absolute atomic E-state index is 12.2. The second-order valence-corrected chi connectivity index (χ2v) is 4.85. The van der Waals surface area contributed by atoms with Crippen LogP contribution in [0.3, 0.4) is 0 Å². The van der Waals surface area contributed by atoms with Gasteiger partial charge in [0, 0.05) is 12.6 Å². The molecule has 3 aromatic rings. The Morgan fingerprint density at radius 2 is 1.95 bits per heavy atom. The molecule has 7 nitrogen and oxygen atoms in total. The molecule has 0 aliphatic carbocycles. The maximum Gasteiger partial charge on any atom is 0.281 e. The molecular weight excluding hydrogens is 270 g/mol. The fraction of sp³-hybridized carbons (Fsp3) is 0.214. The van der Waals surface area contributed by atoms with E-state index in [9.17, 15) is 9.59 Å². The van der Waals surface area contributed by atoms with Gasteiger partial charge < -0.3 is 0 Å². The van der Waals surface area contributed by atoms with Crippen LogP contribution in [-0.4, -0.2) is 30.6 Å². The van der Waals surface area contributed by atoms with Gasteiger partial charge in [0.1, 0.15) is 11.9 Å².